The predicted octanol–water partition coefficient (Wildman–Crippen LogP) is 6.71. The Hall–Kier alpha value is -1.81. The second kappa shape index (κ2) is 11.1. The van der Waals surface area contributed by atoms with Gasteiger partial charge in [0.15, 0.2) is 0 Å². The minimum absolute atomic E-state index is 0.0223. The fraction of sp³-hybridized carbons (Fsp3) is 0.435. The van der Waals surface area contributed by atoms with E-state index in [1.54, 1.807) is 0 Å². The van der Waals surface area contributed by atoms with Crippen LogP contribution in [0.3, 0.4) is 0 Å². The highest BCUT2D eigenvalue weighted by molar-refractivity contribution is 9.10. The Balaban J connectivity index is 1.71. The third kappa shape index (κ3) is 7.37. The molecule has 0 spiro atoms. The zero-order valence-electron chi connectivity index (χ0n) is 16.6. The molecule has 4 heteroatoms. The number of amides is 1. The lowest BCUT2D eigenvalue weighted by Gasteiger charge is -2.11. The largest absolute Gasteiger partial charge is 0.492 e. The summed E-state index contributed by atoms with van der Waals surface area (Å²) in [5.74, 6) is 1.33. The fourth-order valence-corrected chi connectivity index (χ4v) is 3.28. The van der Waals surface area contributed by atoms with Gasteiger partial charge >= 0.3 is 0 Å². The molecule has 3 nitrogen and oxygen atoms in total. The van der Waals surface area contributed by atoms with E-state index in [2.05, 4.69) is 66.3 Å². The maximum absolute atomic E-state index is 12.1. The van der Waals surface area contributed by atoms with E-state index in [9.17, 15) is 4.79 Å². The molecule has 2 aromatic carbocycles. The van der Waals surface area contributed by atoms with Crippen molar-refractivity contribution >= 4 is 27.5 Å². The molecule has 1 N–H and O–H groups in total. The third-order valence-electron chi connectivity index (χ3n) is 4.49. The molecule has 0 saturated carbocycles. The molecule has 1 amide bonds. The topological polar surface area (TPSA) is 38.3 Å². The smallest absolute Gasteiger partial charge is 0.224 e. The molecule has 0 fully saturated rings. The van der Waals surface area contributed by atoms with Gasteiger partial charge in [-0.05, 0) is 76.5 Å². The number of halogens is 1. The Morgan fingerprint density at radius 2 is 1.85 bits per heavy atom. The van der Waals surface area contributed by atoms with E-state index in [1.165, 1.54) is 24.0 Å². The van der Waals surface area contributed by atoms with Gasteiger partial charge in [-0.15, -0.1) is 0 Å². The second-order valence-corrected chi connectivity index (χ2v) is 8.00. The van der Waals surface area contributed by atoms with Crippen LogP contribution in [0.2, 0.25) is 0 Å². The molecule has 0 aliphatic heterocycles. The van der Waals surface area contributed by atoms with Crippen LogP contribution in [0.1, 0.15) is 63.5 Å². The maximum atomic E-state index is 12.1. The first-order chi connectivity index (χ1) is 13.0. The number of unbranched alkanes of at least 4 members (excludes halogenated alkanes) is 1. The summed E-state index contributed by atoms with van der Waals surface area (Å²) in [5, 5.41) is 2.95. The van der Waals surface area contributed by atoms with E-state index in [-0.39, 0.29) is 5.91 Å². The van der Waals surface area contributed by atoms with Crippen LogP contribution in [0.15, 0.2) is 46.9 Å². The van der Waals surface area contributed by atoms with Crippen LogP contribution in [0.4, 0.5) is 5.69 Å². The van der Waals surface area contributed by atoms with Crippen LogP contribution in [-0.2, 0) is 11.2 Å². The number of carbonyl (C=O) groups excluding carboxylic acids is 1. The van der Waals surface area contributed by atoms with Gasteiger partial charge < -0.3 is 10.1 Å². The molecular formula is C23H30BrNO2. The van der Waals surface area contributed by atoms with Gasteiger partial charge in [0.2, 0.25) is 5.91 Å². The summed E-state index contributed by atoms with van der Waals surface area (Å²) in [6, 6.07) is 14.3. The Morgan fingerprint density at radius 3 is 2.48 bits per heavy atom. The molecule has 0 atom stereocenters. The summed E-state index contributed by atoms with van der Waals surface area (Å²) in [6.45, 7) is 7.04. The number of carbonyl (C=O) groups is 1. The molecule has 0 aromatic heterocycles. The first-order valence-corrected chi connectivity index (χ1v) is 10.6. The Bertz CT molecular complexity index is 726. The van der Waals surface area contributed by atoms with Gasteiger partial charge in [0.05, 0.1) is 11.1 Å². The van der Waals surface area contributed by atoms with Gasteiger partial charge in [0.25, 0.3) is 0 Å². The van der Waals surface area contributed by atoms with Gasteiger partial charge in [0, 0.05) is 12.1 Å². The molecule has 0 radical (unpaired) electrons. The van der Waals surface area contributed by atoms with E-state index in [0.717, 1.165) is 22.3 Å². The Labute approximate surface area is 171 Å². The lowest BCUT2D eigenvalue weighted by Crippen LogP contribution is -2.12. The summed E-state index contributed by atoms with van der Waals surface area (Å²) in [7, 11) is 0. The van der Waals surface area contributed by atoms with Crippen molar-refractivity contribution < 1.29 is 9.53 Å². The highest BCUT2D eigenvalue weighted by atomic mass is 79.9. The molecule has 0 aliphatic rings. The van der Waals surface area contributed by atoms with E-state index >= 15 is 0 Å². The van der Waals surface area contributed by atoms with Gasteiger partial charge in [-0.1, -0.05) is 45.4 Å². The van der Waals surface area contributed by atoms with E-state index in [1.807, 2.05) is 18.2 Å². The first-order valence-electron chi connectivity index (χ1n) is 9.80. The molecule has 0 heterocycles. The Morgan fingerprint density at radius 1 is 1.11 bits per heavy atom. The molecule has 0 saturated heterocycles. The number of anilines is 1. The van der Waals surface area contributed by atoms with Crippen LogP contribution < -0.4 is 10.1 Å². The molecule has 146 valence electrons. The maximum Gasteiger partial charge on any atom is 0.224 e. The predicted molar refractivity (Wildman–Crippen MR) is 117 cm³/mol. The standard InChI is InChI=1S/C23H30BrNO2/c1-4-5-7-18-9-12-20(13-10-18)25-23(26)8-6-15-27-22-14-11-19(17(2)3)16-21(22)24/h9-14,16-17H,4-8,15H2,1-3H3,(H,25,26). The lowest BCUT2D eigenvalue weighted by molar-refractivity contribution is -0.116. The summed E-state index contributed by atoms with van der Waals surface area (Å²) in [4.78, 5) is 12.1. The van der Waals surface area contributed by atoms with Crippen molar-refractivity contribution in [2.75, 3.05) is 11.9 Å². The average Bonchev–Trinajstić information content (AvgIpc) is 2.65. The number of aryl methyl sites for hydroxylation is 1. The monoisotopic (exact) mass is 431 g/mol. The van der Waals surface area contributed by atoms with Crippen LogP contribution in [0.25, 0.3) is 0 Å². The summed E-state index contributed by atoms with van der Waals surface area (Å²) in [5.41, 5.74) is 3.44. The quantitative estimate of drug-likeness (QED) is 0.424. The highest BCUT2D eigenvalue weighted by Gasteiger charge is 2.07. The van der Waals surface area contributed by atoms with Crippen molar-refractivity contribution in [3.8, 4) is 5.75 Å². The molecule has 2 rings (SSSR count). The summed E-state index contributed by atoms with van der Waals surface area (Å²) in [6.07, 6.45) is 4.61. The third-order valence-corrected chi connectivity index (χ3v) is 5.10. The first kappa shape index (κ1) is 21.5. The fourth-order valence-electron chi connectivity index (χ4n) is 2.77. The van der Waals surface area contributed by atoms with Crippen molar-refractivity contribution in [2.24, 2.45) is 0 Å². The minimum Gasteiger partial charge on any atom is -0.492 e. The molecule has 0 bridgehead atoms. The summed E-state index contributed by atoms with van der Waals surface area (Å²) < 4.78 is 6.76. The Kier molecular flexibility index (Phi) is 8.86. The zero-order chi connectivity index (χ0) is 19.6. The van der Waals surface area contributed by atoms with Crippen LogP contribution in [0.5, 0.6) is 5.75 Å². The molecule has 0 unspecified atom stereocenters. The van der Waals surface area contributed by atoms with Crippen LogP contribution in [0, 0.1) is 0 Å². The van der Waals surface area contributed by atoms with Gasteiger partial charge in [0.1, 0.15) is 5.75 Å². The number of hydrogen-bond acceptors (Lipinski definition) is 2. The highest BCUT2D eigenvalue weighted by Crippen LogP contribution is 2.29. The molecular weight excluding hydrogens is 402 g/mol. The number of nitrogens with one attached hydrogen (secondary N) is 1. The van der Waals surface area contributed by atoms with E-state index in [4.69, 9.17) is 4.74 Å². The number of hydrogen-bond donors (Lipinski definition) is 1. The van der Waals surface area contributed by atoms with Gasteiger partial charge in [-0.2, -0.15) is 0 Å². The van der Waals surface area contributed by atoms with Crippen molar-refractivity contribution in [1.29, 1.82) is 0 Å². The van der Waals surface area contributed by atoms with Crippen molar-refractivity contribution in [3.63, 3.8) is 0 Å². The van der Waals surface area contributed by atoms with Crippen molar-refractivity contribution in [3.05, 3.63) is 58.1 Å². The number of rotatable bonds is 10. The van der Waals surface area contributed by atoms with Crippen molar-refractivity contribution in [1.82, 2.24) is 0 Å². The zero-order valence-corrected chi connectivity index (χ0v) is 18.1. The lowest BCUT2D eigenvalue weighted by atomic mass is 10.0. The molecule has 0 aliphatic carbocycles. The normalized spacial score (nSPS) is 10.9. The molecule has 2 aromatic rings. The van der Waals surface area contributed by atoms with E-state index in [0.29, 0.717) is 25.4 Å². The van der Waals surface area contributed by atoms with Gasteiger partial charge in [-0.3, -0.25) is 4.79 Å². The molecule has 27 heavy (non-hydrogen) atoms. The van der Waals surface area contributed by atoms with Crippen LogP contribution in [-0.4, -0.2) is 12.5 Å². The number of benzene rings is 2. The summed E-state index contributed by atoms with van der Waals surface area (Å²) >= 11 is 3.56. The van der Waals surface area contributed by atoms with Crippen LogP contribution >= 0.6 is 15.9 Å². The number of ether oxygens (including phenoxy) is 1. The van der Waals surface area contributed by atoms with E-state index < -0.39 is 0 Å². The van der Waals surface area contributed by atoms with Gasteiger partial charge in [-0.25, -0.2) is 0 Å². The average molecular weight is 432 g/mol. The van der Waals surface area contributed by atoms with Crippen molar-refractivity contribution in [2.45, 2.75) is 58.8 Å². The second-order valence-electron chi connectivity index (χ2n) is 7.15. The SMILES string of the molecule is CCCCc1ccc(NC(=O)CCCOc2ccc(C(C)C)cc2Br)cc1. The minimum atomic E-state index is 0.0223.